The molecule has 3 nitrogen and oxygen atoms in total. The SMILES string of the molecule is C=C1N=C(C(CC)(CC)CCCCCCCCCCCCCC)NO1. The fraction of sp³-hybridized carbons (Fsp3) is 0.864. The number of unbranched alkanes of at least 4 members (excludes halogenated alkanes) is 11. The second kappa shape index (κ2) is 13.2. The average Bonchev–Trinajstić information content (AvgIpc) is 3.06. The van der Waals surface area contributed by atoms with Crippen LogP contribution in [-0.4, -0.2) is 5.84 Å². The lowest BCUT2D eigenvalue weighted by atomic mass is 9.76. The van der Waals surface area contributed by atoms with Gasteiger partial charge in [-0.2, -0.15) is 4.99 Å². The molecule has 0 saturated heterocycles. The Morgan fingerprint density at radius 3 is 1.68 bits per heavy atom. The summed E-state index contributed by atoms with van der Waals surface area (Å²) in [4.78, 5) is 9.71. The fourth-order valence-electron chi connectivity index (χ4n) is 3.87. The first-order valence-electron chi connectivity index (χ1n) is 10.9. The standard InChI is InChI=1S/C22H42N2O/c1-5-8-9-10-11-12-13-14-15-16-17-18-19-22(6-2,7-3)21-23-20(4)25-24-21/h4-19H2,1-3H3,(H,23,24). The van der Waals surface area contributed by atoms with Crippen molar-refractivity contribution in [3.05, 3.63) is 12.5 Å². The summed E-state index contributed by atoms with van der Waals surface area (Å²) in [5.74, 6) is 1.49. The second-order valence-corrected chi connectivity index (χ2v) is 7.68. The molecular formula is C22H42N2O. The summed E-state index contributed by atoms with van der Waals surface area (Å²) < 4.78 is 0. The number of amidine groups is 1. The van der Waals surface area contributed by atoms with E-state index < -0.39 is 0 Å². The van der Waals surface area contributed by atoms with Crippen molar-refractivity contribution in [2.75, 3.05) is 0 Å². The van der Waals surface area contributed by atoms with Crippen LogP contribution in [-0.2, 0) is 4.84 Å². The molecule has 1 rings (SSSR count). The molecule has 0 atom stereocenters. The van der Waals surface area contributed by atoms with Gasteiger partial charge in [0.15, 0.2) is 0 Å². The van der Waals surface area contributed by atoms with E-state index in [1.54, 1.807) is 0 Å². The normalized spacial score (nSPS) is 14.4. The van der Waals surface area contributed by atoms with Gasteiger partial charge in [0.2, 0.25) is 5.88 Å². The van der Waals surface area contributed by atoms with Crippen molar-refractivity contribution in [3.63, 3.8) is 0 Å². The molecule has 0 amide bonds. The van der Waals surface area contributed by atoms with Crippen molar-refractivity contribution in [1.82, 2.24) is 5.48 Å². The molecule has 0 aromatic heterocycles. The molecule has 0 fully saturated rings. The van der Waals surface area contributed by atoms with Gasteiger partial charge in [-0.05, 0) is 25.8 Å². The number of rotatable bonds is 16. The molecule has 1 aliphatic rings. The first-order valence-corrected chi connectivity index (χ1v) is 10.9. The molecule has 1 N–H and O–H groups in total. The molecule has 1 heterocycles. The van der Waals surface area contributed by atoms with Gasteiger partial charge in [0.05, 0.1) is 0 Å². The van der Waals surface area contributed by atoms with Gasteiger partial charge in [-0.15, -0.1) is 0 Å². The summed E-state index contributed by atoms with van der Waals surface area (Å²) in [5, 5.41) is 0. The zero-order chi connectivity index (χ0) is 18.4. The minimum absolute atomic E-state index is 0.137. The molecule has 1 aliphatic heterocycles. The predicted molar refractivity (Wildman–Crippen MR) is 110 cm³/mol. The zero-order valence-electron chi connectivity index (χ0n) is 17.2. The lowest BCUT2D eigenvalue weighted by Crippen LogP contribution is -2.37. The summed E-state index contributed by atoms with van der Waals surface area (Å²) in [5.41, 5.74) is 3.13. The molecule has 0 radical (unpaired) electrons. The summed E-state index contributed by atoms with van der Waals surface area (Å²) in [6.45, 7) is 10.6. The van der Waals surface area contributed by atoms with Crippen LogP contribution in [0.2, 0.25) is 0 Å². The van der Waals surface area contributed by atoms with E-state index in [-0.39, 0.29) is 5.41 Å². The van der Waals surface area contributed by atoms with Crippen molar-refractivity contribution in [1.29, 1.82) is 0 Å². The van der Waals surface area contributed by atoms with Crippen LogP contribution in [0.5, 0.6) is 0 Å². The van der Waals surface area contributed by atoms with Gasteiger partial charge in [0, 0.05) is 5.41 Å². The molecule has 0 spiro atoms. The second-order valence-electron chi connectivity index (χ2n) is 7.68. The number of nitrogens with zero attached hydrogens (tertiary/aromatic N) is 1. The lowest BCUT2D eigenvalue weighted by molar-refractivity contribution is 0.167. The Hall–Kier alpha value is -0.990. The van der Waals surface area contributed by atoms with Gasteiger partial charge in [-0.3, -0.25) is 0 Å². The number of hydrogen-bond acceptors (Lipinski definition) is 3. The van der Waals surface area contributed by atoms with Gasteiger partial charge in [0.25, 0.3) is 0 Å². The van der Waals surface area contributed by atoms with Crippen LogP contribution >= 0.6 is 0 Å². The fourth-order valence-corrected chi connectivity index (χ4v) is 3.87. The predicted octanol–water partition coefficient (Wildman–Crippen LogP) is 7.29. The summed E-state index contributed by atoms with van der Waals surface area (Å²) >= 11 is 0. The third kappa shape index (κ3) is 8.29. The van der Waals surface area contributed by atoms with Crippen LogP contribution in [0.15, 0.2) is 17.5 Å². The molecule has 0 aromatic carbocycles. The molecular weight excluding hydrogens is 308 g/mol. The van der Waals surface area contributed by atoms with E-state index in [1.165, 1.54) is 83.5 Å². The first kappa shape index (κ1) is 22.1. The van der Waals surface area contributed by atoms with E-state index >= 15 is 0 Å². The van der Waals surface area contributed by atoms with E-state index in [0.29, 0.717) is 5.88 Å². The topological polar surface area (TPSA) is 33.6 Å². The Bertz CT molecular complexity index is 385. The minimum atomic E-state index is 0.137. The quantitative estimate of drug-likeness (QED) is 0.296. The van der Waals surface area contributed by atoms with E-state index in [1.807, 2.05) is 0 Å². The average molecular weight is 351 g/mol. The number of hydroxylamine groups is 1. The van der Waals surface area contributed by atoms with Gasteiger partial charge >= 0.3 is 0 Å². The van der Waals surface area contributed by atoms with Crippen molar-refractivity contribution >= 4 is 5.84 Å². The Morgan fingerprint density at radius 1 is 0.800 bits per heavy atom. The maximum absolute atomic E-state index is 5.24. The number of aliphatic imine (C=N–C) groups is 1. The number of nitrogens with one attached hydrogen (secondary N) is 1. The zero-order valence-corrected chi connectivity index (χ0v) is 17.2. The molecule has 0 aliphatic carbocycles. The smallest absolute Gasteiger partial charge is 0.240 e. The largest absolute Gasteiger partial charge is 0.361 e. The molecule has 0 unspecified atom stereocenters. The van der Waals surface area contributed by atoms with E-state index in [4.69, 9.17) is 4.84 Å². The van der Waals surface area contributed by atoms with Crippen LogP contribution in [0.4, 0.5) is 0 Å². The van der Waals surface area contributed by atoms with E-state index in [9.17, 15) is 0 Å². The van der Waals surface area contributed by atoms with Crippen LogP contribution in [0.1, 0.15) is 117 Å². The Balaban J connectivity index is 2.07. The molecule has 0 bridgehead atoms. The maximum Gasteiger partial charge on any atom is 0.240 e. The van der Waals surface area contributed by atoms with Crippen molar-refractivity contribution in [2.24, 2.45) is 10.4 Å². The Kier molecular flexibility index (Phi) is 11.7. The monoisotopic (exact) mass is 350 g/mol. The third-order valence-corrected chi connectivity index (χ3v) is 5.87. The molecule has 25 heavy (non-hydrogen) atoms. The highest BCUT2D eigenvalue weighted by Gasteiger charge is 2.35. The van der Waals surface area contributed by atoms with Gasteiger partial charge in [-0.1, -0.05) is 97.8 Å². The first-order chi connectivity index (χ1) is 12.2. The van der Waals surface area contributed by atoms with Crippen LogP contribution < -0.4 is 5.48 Å². The molecule has 146 valence electrons. The highest BCUT2D eigenvalue weighted by Crippen LogP contribution is 2.35. The van der Waals surface area contributed by atoms with Crippen LogP contribution in [0, 0.1) is 5.41 Å². The Labute approximate surface area is 156 Å². The number of hydrogen-bond donors (Lipinski definition) is 1. The summed E-state index contributed by atoms with van der Waals surface area (Å²) in [6.07, 6.45) is 20.2. The third-order valence-electron chi connectivity index (χ3n) is 5.87. The lowest BCUT2D eigenvalue weighted by Gasteiger charge is -2.30. The molecule has 0 saturated carbocycles. The van der Waals surface area contributed by atoms with Crippen molar-refractivity contribution in [2.45, 2.75) is 117 Å². The van der Waals surface area contributed by atoms with Crippen LogP contribution in [0.25, 0.3) is 0 Å². The van der Waals surface area contributed by atoms with Crippen molar-refractivity contribution < 1.29 is 4.84 Å². The van der Waals surface area contributed by atoms with Crippen LogP contribution in [0.3, 0.4) is 0 Å². The van der Waals surface area contributed by atoms with Gasteiger partial charge < -0.3 is 4.84 Å². The highest BCUT2D eigenvalue weighted by molar-refractivity contribution is 5.89. The summed E-state index contributed by atoms with van der Waals surface area (Å²) in [6, 6.07) is 0. The highest BCUT2D eigenvalue weighted by atomic mass is 16.7. The van der Waals surface area contributed by atoms with Gasteiger partial charge in [0.1, 0.15) is 5.84 Å². The molecule has 3 heteroatoms. The summed E-state index contributed by atoms with van der Waals surface area (Å²) in [7, 11) is 0. The van der Waals surface area contributed by atoms with Crippen molar-refractivity contribution in [3.8, 4) is 0 Å². The van der Waals surface area contributed by atoms with Gasteiger partial charge in [-0.25, -0.2) is 5.48 Å². The maximum atomic E-state index is 5.24. The molecule has 0 aromatic rings. The van der Waals surface area contributed by atoms with E-state index in [0.717, 1.165) is 18.7 Å². The Morgan fingerprint density at radius 2 is 1.28 bits per heavy atom. The van der Waals surface area contributed by atoms with E-state index in [2.05, 4.69) is 37.8 Å². The minimum Gasteiger partial charge on any atom is -0.361 e.